The molecule has 0 spiro atoms. The lowest BCUT2D eigenvalue weighted by atomic mass is 10.1. The number of amides is 3. The zero-order valence-electron chi connectivity index (χ0n) is 19.3. The predicted molar refractivity (Wildman–Crippen MR) is 131 cm³/mol. The number of hydrogen-bond acceptors (Lipinski definition) is 6. The van der Waals surface area contributed by atoms with Gasteiger partial charge in [0.1, 0.15) is 11.9 Å². The van der Waals surface area contributed by atoms with E-state index in [0.717, 1.165) is 22.5 Å². The lowest BCUT2D eigenvalue weighted by Crippen LogP contribution is -2.41. The number of halogens is 2. The molecule has 3 amide bonds. The topological polar surface area (TPSA) is 128 Å². The molecule has 0 saturated carbocycles. The maximum absolute atomic E-state index is 14.8. The first-order valence-electron chi connectivity index (χ1n) is 10.4. The molecular weight excluding hydrogens is 501 g/mol. The van der Waals surface area contributed by atoms with E-state index in [1.54, 1.807) is 0 Å². The number of anilines is 1. The first kappa shape index (κ1) is 28.0. The largest absolute Gasteiger partial charge is 0.359 e. The van der Waals surface area contributed by atoms with Gasteiger partial charge in [-0.3, -0.25) is 14.4 Å². The molecule has 3 N–H and O–H groups in total. The Kier molecular flexibility index (Phi) is 9.57. The maximum atomic E-state index is 14.8. The Morgan fingerprint density at radius 3 is 2.63 bits per heavy atom. The van der Waals surface area contributed by atoms with Gasteiger partial charge in [0.25, 0.3) is 5.91 Å². The van der Waals surface area contributed by atoms with Crippen molar-refractivity contribution in [3.63, 3.8) is 0 Å². The summed E-state index contributed by atoms with van der Waals surface area (Å²) in [7, 11) is -1.03. The molecule has 0 radical (unpaired) electrons. The SMILES string of the molecule is C=C(Cl)NC(=C)/C=C/S(=O)(=O)NC1CCN(c2ccc(C(=O)N(C)CCC(=O)NC)cc2F)C1=O. The number of nitrogens with one attached hydrogen (secondary N) is 3. The highest BCUT2D eigenvalue weighted by molar-refractivity contribution is 7.92. The van der Waals surface area contributed by atoms with Crippen molar-refractivity contribution in [1.82, 2.24) is 20.3 Å². The third-order valence-electron chi connectivity index (χ3n) is 5.04. The van der Waals surface area contributed by atoms with E-state index >= 15 is 0 Å². The van der Waals surface area contributed by atoms with Crippen molar-refractivity contribution in [3.8, 4) is 0 Å². The van der Waals surface area contributed by atoms with Crippen LogP contribution in [0, 0.1) is 5.82 Å². The fraction of sp³-hybridized carbons (Fsp3) is 0.318. The van der Waals surface area contributed by atoms with Crippen LogP contribution in [0.2, 0.25) is 0 Å². The average molecular weight is 528 g/mol. The van der Waals surface area contributed by atoms with Crippen LogP contribution in [-0.2, 0) is 19.6 Å². The Balaban J connectivity index is 2.07. The number of nitrogens with zero attached hydrogens (tertiary/aromatic N) is 2. The number of hydrogen-bond donors (Lipinski definition) is 3. The fourth-order valence-corrected chi connectivity index (χ4v) is 4.39. The Bertz CT molecular complexity index is 1170. The van der Waals surface area contributed by atoms with E-state index in [4.69, 9.17) is 11.6 Å². The van der Waals surface area contributed by atoms with Crippen molar-refractivity contribution >= 4 is 45.0 Å². The van der Waals surface area contributed by atoms with E-state index in [1.807, 2.05) is 0 Å². The van der Waals surface area contributed by atoms with Crippen molar-refractivity contribution in [2.24, 2.45) is 0 Å². The van der Waals surface area contributed by atoms with Crippen molar-refractivity contribution in [2.75, 3.05) is 32.1 Å². The molecule has 1 heterocycles. The van der Waals surface area contributed by atoms with Crippen molar-refractivity contribution in [1.29, 1.82) is 0 Å². The molecule has 1 aliphatic rings. The van der Waals surface area contributed by atoms with E-state index in [2.05, 4.69) is 28.5 Å². The second kappa shape index (κ2) is 12.0. The van der Waals surface area contributed by atoms with Gasteiger partial charge in [-0.1, -0.05) is 24.8 Å². The van der Waals surface area contributed by atoms with Gasteiger partial charge in [0.05, 0.1) is 10.8 Å². The van der Waals surface area contributed by atoms with Gasteiger partial charge < -0.3 is 20.4 Å². The molecule has 2 rings (SSSR count). The van der Waals surface area contributed by atoms with Gasteiger partial charge in [0.2, 0.25) is 21.8 Å². The van der Waals surface area contributed by atoms with Crippen molar-refractivity contribution in [3.05, 3.63) is 65.1 Å². The molecule has 0 aliphatic carbocycles. The summed E-state index contributed by atoms with van der Waals surface area (Å²) in [5, 5.41) is 5.85. The maximum Gasteiger partial charge on any atom is 0.253 e. The molecule has 1 saturated heterocycles. The van der Waals surface area contributed by atoms with Crippen LogP contribution >= 0.6 is 11.6 Å². The highest BCUT2D eigenvalue weighted by Crippen LogP contribution is 2.26. The van der Waals surface area contributed by atoms with E-state index < -0.39 is 33.7 Å². The molecule has 190 valence electrons. The molecule has 10 nitrogen and oxygen atoms in total. The number of rotatable bonds is 11. The fourth-order valence-electron chi connectivity index (χ4n) is 3.23. The molecule has 13 heteroatoms. The molecule has 1 fully saturated rings. The van der Waals surface area contributed by atoms with Gasteiger partial charge in [-0.05, 0) is 30.7 Å². The number of carbonyl (C=O) groups is 3. The van der Waals surface area contributed by atoms with Crippen LogP contribution in [0.25, 0.3) is 0 Å². The van der Waals surface area contributed by atoms with Gasteiger partial charge in [-0.15, -0.1) is 0 Å². The van der Waals surface area contributed by atoms with E-state index in [1.165, 1.54) is 31.1 Å². The predicted octanol–water partition coefficient (Wildman–Crippen LogP) is 1.39. The normalized spacial score (nSPS) is 15.8. The Labute approximate surface area is 208 Å². The first-order valence-corrected chi connectivity index (χ1v) is 12.3. The van der Waals surface area contributed by atoms with Crippen LogP contribution in [0.5, 0.6) is 0 Å². The van der Waals surface area contributed by atoms with Crippen LogP contribution in [-0.4, -0.2) is 64.3 Å². The van der Waals surface area contributed by atoms with E-state index in [9.17, 15) is 27.2 Å². The highest BCUT2D eigenvalue weighted by Gasteiger charge is 2.36. The summed E-state index contributed by atoms with van der Waals surface area (Å²) in [6, 6.07) is 2.57. The first-order chi connectivity index (χ1) is 16.3. The lowest BCUT2D eigenvalue weighted by Gasteiger charge is -2.20. The third kappa shape index (κ3) is 7.91. The average Bonchev–Trinajstić information content (AvgIpc) is 3.13. The third-order valence-corrected chi connectivity index (χ3v) is 6.24. The molecule has 1 aromatic carbocycles. The zero-order valence-corrected chi connectivity index (χ0v) is 20.9. The highest BCUT2D eigenvalue weighted by atomic mass is 35.5. The standard InChI is InChI=1S/C22H27ClFN5O5S/c1-14(26-15(2)23)9-12-35(33,34)27-18-7-11-29(22(18)32)19-6-5-16(13-17(19)24)21(31)28(4)10-8-20(30)25-3/h5-6,9,12-13,18,26-27H,1-2,7-8,10-11H2,3-4H3,(H,25,30)/b12-9+. The summed E-state index contributed by atoms with van der Waals surface area (Å²) in [6.45, 7) is 7.18. The molecule has 1 aliphatic heterocycles. The van der Waals surface area contributed by atoms with Gasteiger partial charge >= 0.3 is 0 Å². The quantitative estimate of drug-likeness (QED) is 0.295. The minimum Gasteiger partial charge on any atom is -0.359 e. The van der Waals surface area contributed by atoms with Gasteiger partial charge in [0.15, 0.2) is 0 Å². The van der Waals surface area contributed by atoms with Crippen molar-refractivity contribution in [2.45, 2.75) is 18.9 Å². The molecule has 0 aromatic heterocycles. The number of carbonyl (C=O) groups excluding carboxylic acids is 3. The lowest BCUT2D eigenvalue weighted by molar-refractivity contribution is -0.121. The van der Waals surface area contributed by atoms with Crippen LogP contribution in [0.3, 0.4) is 0 Å². The van der Waals surface area contributed by atoms with Crippen LogP contribution in [0.4, 0.5) is 10.1 Å². The van der Waals surface area contributed by atoms with E-state index in [-0.39, 0.29) is 53.9 Å². The second-order valence-electron chi connectivity index (χ2n) is 7.67. The Morgan fingerprint density at radius 2 is 2.03 bits per heavy atom. The molecule has 1 atom stereocenters. The summed E-state index contributed by atoms with van der Waals surface area (Å²) in [5.41, 5.74) is 0.147. The molecule has 35 heavy (non-hydrogen) atoms. The molecular formula is C22H27ClFN5O5S. The van der Waals surface area contributed by atoms with Gasteiger partial charge in [0, 0.05) is 50.3 Å². The number of allylic oxidation sites excluding steroid dienone is 1. The van der Waals surface area contributed by atoms with Crippen LogP contribution in [0.1, 0.15) is 23.2 Å². The second-order valence-corrected chi connectivity index (χ2v) is 9.72. The van der Waals surface area contributed by atoms with Crippen molar-refractivity contribution < 1.29 is 27.2 Å². The summed E-state index contributed by atoms with van der Waals surface area (Å²) >= 11 is 5.56. The number of benzene rings is 1. The molecule has 0 bridgehead atoms. The van der Waals surface area contributed by atoms with Gasteiger partial charge in [-0.2, -0.15) is 4.72 Å². The zero-order chi connectivity index (χ0) is 26.3. The van der Waals surface area contributed by atoms with Crippen LogP contribution in [0.15, 0.2) is 53.7 Å². The smallest absolute Gasteiger partial charge is 0.253 e. The minimum absolute atomic E-state index is 0.0492. The monoisotopic (exact) mass is 527 g/mol. The minimum atomic E-state index is -4.01. The Hall–Kier alpha value is -3.22. The summed E-state index contributed by atoms with van der Waals surface area (Å²) in [4.78, 5) is 39.0. The summed E-state index contributed by atoms with van der Waals surface area (Å²) in [6.07, 6.45) is 1.36. The summed E-state index contributed by atoms with van der Waals surface area (Å²) in [5.74, 6) is -2.16. The number of sulfonamides is 1. The summed E-state index contributed by atoms with van der Waals surface area (Å²) < 4.78 is 41.7. The molecule has 1 unspecified atom stereocenters. The van der Waals surface area contributed by atoms with Gasteiger partial charge in [-0.25, -0.2) is 12.8 Å². The Morgan fingerprint density at radius 1 is 1.34 bits per heavy atom. The molecule has 1 aromatic rings. The van der Waals surface area contributed by atoms with Crippen LogP contribution < -0.4 is 20.3 Å². The van der Waals surface area contributed by atoms with E-state index in [0.29, 0.717) is 0 Å².